The molecule has 0 atom stereocenters. The van der Waals surface area contributed by atoms with Gasteiger partial charge >= 0.3 is 6.09 Å². The Bertz CT molecular complexity index is 1640. The second-order valence-electron chi connectivity index (χ2n) is 11.3. The SMILES string of the molecule is [C-]#[N+]c1cnc(NC2CCN(S(C)(=O)=O)CC2)nc1-c1cnn(-c2ccc(CNC3(CNC(=O)OC)CCCC3)cc2Cl)c1. The van der Waals surface area contributed by atoms with Crippen LogP contribution in [0.15, 0.2) is 36.8 Å². The number of hydrogen-bond acceptors (Lipinski definition) is 9. The zero-order valence-corrected chi connectivity index (χ0v) is 26.3. The van der Waals surface area contributed by atoms with Gasteiger partial charge in [0.05, 0.1) is 42.5 Å². The van der Waals surface area contributed by atoms with Gasteiger partial charge in [0.25, 0.3) is 0 Å². The van der Waals surface area contributed by atoms with Crippen LogP contribution in [0.4, 0.5) is 16.4 Å². The summed E-state index contributed by atoms with van der Waals surface area (Å²) in [5.41, 5.74) is 2.86. The molecule has 3 N–H and O–H groups in total. The summed E-state index contributed by atoms with van der Waals surface area (Å²) in [6.45, 7) is 9.57. The highest BCUT2D eigenvalue weighted by atomic mass is 35.5. The molecule has 13 nitrogen and oxygen atoms in total. The van der Waals surface area contributed by atoms with Crippen LogP contribution in [0.25, 0.3) is 21.8 Å². The topological polar surface area (TPSA) is 148 Å². The third-order valence-electron chi connectivity index (χ3n) is 8.25. The summed E-state index contributed by atoms with van der Waals surface area (Å²) in [5, 5.41) is 14.8. The second kappa shape index (κ2) is 13.5. The van der Waals surface area contributed by atoms with Crippen molar-refractivity contribution in [2.24, 2.45) is 0 Å². The maximum absolute atomic E-state index is 11.8. The van der Waals surface area contributed by atoms with Crippen LogP contribution in [0, 0.1) is 6.57 Å². The summed E-state index contributed by atoms with van der Waals surface area (Å²) < 4.78 is 31.5. The summed E-state index contributed by atoms with van der Waals surface area (Å²) in [5.74, 6) is 0.370. The minimum absolute atomic E-state index is 0.0156. The molecule has 0 bridgehead atoms. The fourth-order valence-electron chi connectivity index (χ4n) is 5.75. The summed E-state index contributed by atoms with van der Waals surface area (Å²) in [6.07, 6.45) is 11.1. The highest BCUT2D eigenvalue weighted by Crippen LogP contribution is 2.32. The molecule has 1 amide bonds. The van der Waals surface area contributed by atoms with Gasteiger partial charge in [-0.1, -0.05) is 30.5 Å². The Morgan fingerprint density at radius 2 is 1.98 bits per heavy atom. The van der Waals surface area contributed by atoms with Crippen molar-refractivity contribution in [3.63, 3.8) is 0 Å². The van der Waals surface area contributed by atoms with Gasteiger partial charge in [-0.05, 0) is 43.4 Å². The minimum Gasteiger partial charge on any atom is -0.453 e. The number of hydrogen-bond donors (Lipinski definition) is 3. The second-order valence-corrected chi connectivity index (χ2v) is 13.7. The van der Waals surface area contributed by atoms with Gasteiger partial charge in [0, 0.05) is 55.7 Å². The molecule has 15 heteroatoms. The number of rotatable bonds is 10. The first kappa shape index (κ1) is 31.6. The predicted octanol–water partition coefficient (Wildman–Crippen LogP) is 4.13. The largest absolute Gasteiger partial charge is 0.453 e. The van der Waals surface area contributed by atoms with Gasteiger partial charge in [-0.15, -0.1) is 0 Å². The lowest BCUT2D eigenvalue weighted by molar-refractivity contribution is 0.165. The Balaban J connectivity index is 1.27. The number of alkyl carbamates (subject to hydrolysis) is 1. The number of sulfonamides is 1. The number of nitrogens with one attached hydrogen (secondary N) is 3. The van der Waals surface area contributed by atoms with Gasteiger partial charge in [-0.3, -0.25) is 0 Å². The molecule has 1 aliphatic heterocycles. The molecular formula is C29H36ClN9O4S. The summed E-state index contributed by atoms with van der Waals surface area (Å²) >= 11 is 6.71. The van der Waals surface area contributed by atoms with Crippen molar-refractivity contribution < 1.29 is 17.9 Å². The van der Waals surface area contributed by atoms with Crippen molar-refractivity contribution in [1.82, 2.24) is 34.7 Å². The van der Waals surface area contributed by atoms with Crippen LogP contribution in [0.3, 0.4) is 0 Å². The molecule has 44 heavy (non-hydrogen) atoms. The lowest BCUT2D eigenvalue weighted by Crippen LogP contribution is -2.51. The van der Waals surface area contributed by atoms with Gasteiger partial charge < -0.3 is 20.7 Å². The van der Waals surface area contributed by atoms with E-state index in [9.17, 15) is 13.2 Å². The van der Waals surface area contributed by atoms with E-state index in [0.29, 0.717) is 66.9 Å². The normalized spacial score (nSPS) is 17.2. The molecule has 0 spiro atoms. The number of benzene rings is 1. The molecule has 5 rings (SSSR count). The number of ether oxygens (including phenoxy) is 1. The summed E-state index contributed by atoms with van der Waals surface area (Å²) in [7, 11) is -1.85. The fraction of sp³-hybridized carbons (Fsp3) is 0.483. The maximum atomic E-state index is 11.8. The number of methoxy groups -OCH3 is 1. The van der Waals surface area contributed by atoms with Gasteiger partial charge in [0.15, 0.2) is 0 Å². The first-order valence-electron chi connectivity index (χ1n) is 14.5. The van der Waals surface area contributed by atoms with Crippen molar-refractivity contribution in [1.29, 1.82) is 0 Å². The Kier molecular flexibility index (Phi) is 9.69. The Hall–Kier alpha value is -3.77. The van der Waals surface area contributed by atoms with Crippen molar-refractivity contribution in [3.05, 3.63) is 58.8 Å². The molecule has 2 fully saturated rings. The molecule has 1 aromatic carbocycles. The van der Waals surface area contributed by atoms with Crippen LogP contribution in [0.5, 0.6) is 0 Å². The third kappa shape index (κ3) is 7.47. The van der Waals surface area contributed by atoms with Crippen LogP contribution in [0.1, 0.15) is 44.1 Å². The monoisotopic (exact) mass is 641 g/mol. The number of aromatic nitrogens is 4. The molecule has 0 radical (unpaired) electrons. The van der Waals surface area contributed by atoms with E-state index < -0.39 is 16.1 Å². The number of amides is 1. The summed E-state index contributed by atoms with van der Waals surface area (Å²) in [6, 6.07) is 5.80. The van der Waals surface area contributed by atoms with Gasteiger partial charge in [-0.2, -0.15) is 5.10 Å². The van der Waals surface area contributed by atoms with Crippen molar-refractivity contribution in [2.75, 3.05) is 38.3 Å². The molecule has 1 aliphatic carbocycles. The van der Waals surface area contributed by atoms with Crippen LogP contribution in [0.2, 0.25) is 5.02 Å². The van der Waals surface area contributed by atoms with Crippen molar-refractivity contribution in [2.45, 2.75) is 56.7 Å². The Labute approximate surface area is 262 Å². The van der Waals surface area contributed by atoms with Crippen molar-refractivity contribution in [3.8, 4) is 16.9 Å². The van der Waals surface area contributed by atoms with E-state index in [1.54, 1.807) is 17.1 Å². The van der Waals surface area contributed by atoms with E-state index in [0.717, 1.165) is 31.2 Å². The zero-order valence-electron chi connectivity index (χ0n) is 24.7. The number of anilines is 1. The first-order valence-corrected chi connectivity index (χ1v) is 16.7. The number of nitrogens with zero attached hydrogens (tertiary/aromatic N) is 6. The van der Waals surface area contributed by atoms with Crippen LogP contribution in [-0.2, 0) is 21.3 Å². The molecule has 1 saturated carbocycles. The van der Waals surface area contributed by atoms with Crippen LogP contribution >= 0.6 is 11.6 Å². The van der Waals surface area contributed by atoms with E-state index in [1.807, 2.05) is 18.2 Å². The van der Waals surface area contributed by atoms with Gasteiger partial charge in [0.2, 0.25) is 21.7 Å². The molecule has 0 unspecified atom stereocenters. The third-order valence-corrected chi connectivity index (χ3v) is 9.85. The van der Waals surface area contributed by atoms with Gasteiger partial charge in [0.1, 0.15) is 0 Å². The smallest absolute Gasteiger partial charge is 0.406 e. The van der Waals surface area contributed by atoms with Gasteiger partial charge in [-0.25, -0.2) is 37.0 Å². The quantitative estimate of drug-likeness (QED) is 0.278. The Morgan fingerprint density at radius 1 is 1.23 bits per heavy atom. The first-order chi connectivity index (χ1) is 21.1. The lowest BCUT2D eigenvalue weighted by Gasteiger charge is -2.30. The zero-order chi connectivity index (χ0) is 31.3. The predicted molar refractivity (Wildman–Crippen MR) is 167 cm³/mol. The van der Waals surface area contributed by atoms with E-state index in [1.165, 1.54) is 23.9 Å². The molecule has 2 aromatic heterocycles. The molecule has 1 saturated heterocycles. The van der Waals surface area contributed by atoms with E-state index in [4.69, 9.17) is 22.9 Å². The number of carbonyl (C=O) groups excluding carboxylic acids is 1. The highest BCUT2D eigenvalue weighted by Gasteiger charge is 2.34. The maximum Gasteiger partial charge on any atom is 0.406 e. The lowest BCUT2D eigenvalue weighted by atomic mass is 9.97. The van der Waals surface area contributed by atoms with E-state index >= 15 is 0 Å². The number of piperidine rings is 1. The molecule has 234 valence electrons. The Morgan fingerprint density at radius 3 is 2.64 bits per heavy atom. The van der Waals surface area contributed by atoms with Crippen LogP contribution < -0.4 is 16.0 Å². The van der Waals surface area contributed by atoms with Crippen molar-refractivity contribution >= 4 is 39.4 Å². The average molecular weight is 642 g/mol. The summed E-state index contributed by atoms with van der Waals surface area (Å²) in [4.78, 5) is 24.2. The minimum atomic E-state index is -3.21. The molecule has 2 aliphatic rings. The highest BCUT2D eigenvalue weighted by molar-refractivity contribution is 7.88. The molecular weight excluding hydrogens is 606 g/mol. The average Bonchev–Trinajstić information content (AvgIpc) is 3.70. The van der Waals surface area contributed by atoms with Crippen LogP contribution in [-0.4, -0.2) is 83.1 Å². The number of halogens is 1. The van der Waals surface area contributed by atoms with E-state index in [2.05, 4.69) is 35.9 Å². The number of carbonyl (C=O) groups is 1. The molecule has 3 heterocycles. The fourth-order valence-corrected chi connectivity index (χ4v) is 6.91. The van der Waals surface area contributed by atoms with E-state index in [-0.39, 0.29) is 17.3 Å². The molecule has 3 aromatic rings. The standard InChI is InChI=1S/C29H36ClN9O4S/c1-31-24-17-32-27(36-22-8-12-38(13-9-22)44(3,41)42)37-26(24)21-16-35-39(18-21)25-7-6-20(14-23(25)30)15-34-29(10-4-5-11-29)19-33-28(40)43-2/h6-7,14,16-18,22,34H,4-5,8-13,15,19H2,2-3H3,(H,33,40)(H,32,36,37).